The topological polar surface area (TPSA) is 47.3 Å². The van der Waals surface area contributed by atoms with Crippen molar-refractivity contribution in [1.29, 1.82) is 0 Å². The summed E-state index contributed by atoms with van der Waals surface area (Å²) in [6.07, 6.45) is 1.02. The maximum atomic E-state index is 9.30. The number of fused-ring (bicyclic) bond motifs is 1. The second-order valence-electron chi connectivity index (χ2n) is 3.92. The minimum Gasteiger partial charge on any atom is -0.494 e. The average molecular weight is 234 g/mol. The molecule has 0 aliphatic heterocycles. The van der Waals surface area contributed by atoms with E-state index >= 15 is 0 Å². The molecule has 0 fully saturated rings. The number of hydrogen-bond donors (Lipinski definition) is 1. The van der Waals surface area contributed by atoms with Gasteiger partial charge in [-0.1, -0.05) is 6.92 Å². The summed E-state index contributed by atoms with van der Waals surface area (Å²) in [5, 5.41) is 9.30. The summed E-state index contributed by atoms with van der Waals surface area (Å²) >= 11 is 0. The predicted molar refractivity (Wildman–Crippen MR) is 67.1 cm³/mol. The number of aliphatic hydroxyl groups is 1. The van der Waals surface area contributed by atoms with E-state index in [2.05, 4.69) is 16.5 Å². The van der Waals surface area contributed by atoms with Gasteiger partial charge in [-0.05, 0) is 25.5 Å². The van der Waals surface area contributed by atoms with E-state index in [0.29, 0.717) is 6.61 Å². The predicted octanol–water partition coefficient (Wildman–Crippen LogP) is 2.34. The van der Waals surface area contributed by atoms with Crippen LogP contribution < -0.4 is 4.74 Å². The van der Waals surface area contributed by atoms with Crippen LogP contribution >= 0.6 is 0 Å². The van der Waals surface area contributed by atoms with Gasteiger partial charge in [-0.2, -0.15) is 0 Å². The van der Waals surface area contributed by atoms with Gasteiger partial charge in [-0.3, -0.25) is 0 Å². The third kappa shape index (κ3) is 2.26. The molecule has 0 unspecified atom stereocenters. The van der Waals surface area contributed by atoms with Crippen LogP contribution in [-0.2, 0) is 13.2 Å². The molecule has 0 atom stereocenters. The second-order valence-corrected chi connectivity index (χ2v) is 3.92. The van der Waals surface area contributed by atoms with Crippen molar-refractivity contribution in [3.63, 3.8) is 0 Å². The summed E-state index contributed by atoms with van der Waals surface area (Å²) in [4.78, 5) is 4.43. The molecule has 2 rings (SSSR count). The van der Waals surface area contributed by atoms with Gasteiger partial charge in [-0.25, -0.2) is 4.98 Å². The summed E-state index contributed by atoms with van der Waals surface area (Å²) in [5.74, 6) is 1.54. The number of hydrogen-bond acceptors (Lipinski definition) is 3. The van der Waals surface area contributed by atoms with E-state index in [1.807, 2.05) is 25.1 Å². The Morgan fingerprint density at radius 3 is 2.82 bits per heavy atom. The molecule has 0 saturated carbocycles. The van der Waals surface area contributed by atoms with Crippen molar-refractivity contribution in [2.24, 2.45) is 0 Å². The van der Waals surface area contributed by atoms with Gasteiger partial charge < -0.3 is 14.4 Å². The molecule has 0 radical (unpaired) electrons. The van der Waals surface area contributed by atoms with Crippen molar-refractivity contribution in [2.45, 2.75) is 33.4 Å². The van der Waals surface area contributed by atoms with Gasteiger partial charge in [0.25, 0.3) is 0 Å². The summed E-state index contributed by atoms with van der Waals surface area (Å²) in [6, 6.07) is 5.87. The second kappa shape index (κ2) is 5.19. The van der Waals surface area contributed by atoms with Gasteiger partial charge >= 0.3 is 0 Å². The third-order valence-corrected chi connectivity index (χ3v) is 2.70. The molecule has 1 N–H and O–H groups in total. The summed E-state index contributed by atoms with van der Waals surface area (Å²) in [5.41, 5.74) is 1.94. The van der Waals surface area contributed by atoms with Crippen molar-refractivity contribution in [2.75, 3.05) is 6.61 Å². The smallest absolute Gasteiger partial charge is 0.135 e. The fourth-order valence-corrected chi connectivity index (χ4v) is 2.01. The van der Waals surface area contributed by atoms with Crippen LogP contribution in [0.15, 0.2) is 18.2 Å². The van der Waals surface area contributed by atoms with Crippen molar-refractivity contribution in [3.8, 4) is 5.75 Å². The lowest BCUT2D eigenvalue weighted by molar-refractivity contribution is 0.265. The number of aromatic nitrogens is 2. The Kier molecular flexibility index (Phi) is 3.64. The monoisotopic (exact) mass is 234 g/mol. The highest BCUT2D eigenvalue weighted by Crippen LogP contribution is 2.22. The lowest BCUT2D eigenvalue weighted by Crippen LogP contribution is -2.02. The third-order valence-electron chi connectivity index (χ3n) is 2.70. The summed E-state index contributed by atoms with van der Waals surface area (Å²) in [6.45, 7) is 5.56. The van der Waals surface area contributed by atoms with Gasteiger partial charge in [0.2, 0.25) is 0 Å². The van der Waals surface area contributed by atoms with Gasteiger partial charge in [0.05, 0.1) is 17.6 Å². The fourth-order valence-electron chi connectivity index (χ4n) is 2.01. The Bertz CT molecular complexity index is 505. The molecular formula is C13H18N2O2. The normalized spacial score (nSPS) is 11.0. The molecule has 1 aromatic heterocycles. The number of nitrogens with zero attached hydrogens (tertiary/aromatic N) is 2. The highest BCUT2D eigenvalue weighted by Gasteiger charge is 2.09. The minimum atomic E-state index is -0.0291. The van der Waals surface area contributed by atoms with Crippen molar-refractivity contribution < 1.29 is 9.84 Å². The van der Waals surface area contributed by atoms with Crippen LogP contribution in [-0.4, -0.2) is 21.3 Å². The number of benzene rings is 1. The molecule has 92 valence electrons. The molecule has 17 heavy (non-hydrogen) atoms. The standard InChI is InChI=1S/C13H18N2O2/c1-3-7-15-12-6-5-10(17-4-2)8-11(12)14-13(15)9-16/h5-6,8,16H,3-4,7,9H2,1-2H3. The SMILES string of the molecule is CCCn1c(CO)nc2cc(OCC)ccc21. The minimum absolute atomic E-state index is 0.0291. The molecule has 0 saturated heterocycles. The van der Waals surface area contributed by atoms with Crippen LogP contribution in [0.2, 0.25) is 0 Å². The van der Waals surface area contributed by atoms with E-state index in [0.717, 1.165) is 35.6 Å². The molecular weight excluding hydrogens is 216 g/mol. The van der Waals surface area contributed by atoms with Crippen molar-refractivity contribution in [1.82, 2.24) is 9.55 Å². The molecule has 1 heterocycles. The zero-order valence-electron chi connectivity index (χ0n) is 10.3. The molecule has 0 aliphatic carbocycles. The molecule has 1 aromatic carbocycles. The first-order chi connectivity index (χ1) is 8.30. The largest absolute Gasteiger partial charge is 0.494 e. The number of aliphatic hydroxyl groups excluding tert-OH is 1. The van der Waals surface area contributed by atoms with Crippen LogP contribution in [0.4, 0.5) is 0 Å². The van der Waals surface area contributed by atoms with Crippen molar-refractivity contribution >= 4 is 11.0 Å². The fraction of sp³-hybridized carbons (Fsp3) is 0.462. The van der Waals surface area contributed by atoms with Gasteiger partial charge in [-0.15, -0.1) is 0 Å². The van der Waals surface area contributed by atoms with E-state index in [9.17, 15) is 5.11 Å². The molecule has 0 spiro atoms. The molecule has 0 aliphatic rings. The molecule has 0 amide bonds. The first-order valence-electron chi connectivity index (χ1n) is 6.03. The number of ether oxygens (including phenoxy) is 1. The van der Waals surface area contributed by atoms with E-state index in [1.54, 1.807) is 0 Å². The van der Waals surface area contributed by atoms with Gasteiger partial charge in [0, 0.05) is 12.6 Å². The first kappa shape index (κ1) is 11.9. The van der Waals surface area contributed by atoms with E-state index < -0.39 is 0 Å². The van der Waals surface area contributed by atoms with Crippen LogP contribution in [0, 0.1) is 0 Å². The van der Waals surface area contributed by atoms with Crippen LogP contribution in [0.5, 0.6) is 5.75 Å². The number of imidazole rings is 1. The quantitative estimate of drug-likeness (QED) is 0.863. The maximum Gasteiger partial charge on any atom is 0.135 e. The highest BCUT2D eigenvalue weighted by molar-refractivity contribution is 5.77. The van der Waals surface area contributed by atoms with Crippen LogP contribution in [0.1, 0.15) is 26.1 Å². The zero-order valence-corrected chi connectivity index (χ0v) is 10.3. The Balaban J connectivity index is 2.49. The Hall–Kier alpha value is -1.55. The average Bonchev–Trinajstić information content (AvgIpc) is 2.68. The number of rotatable bonds is 5. The molecule has 2 aromatic rings. The van der Waals surface area contributed by atoms with Crippen LogP contribution in [0.25, 0.3) is 11.0 Å². The van der Waals surface area contributed by atoms with E-state index in [4.69, 9.17) is 4.74 Å². The summed E-state index contributed by atoms with van der Waals surface area (Å²) < 4.78 is 7.51. The van der Waals surface area contributed by atoms with Crippen LogP contribution in [0.3, 0.4) is 0 Å². The summed E-state index contributed by atoms with van der Waals surface area (Å²) in [7, 11) is 0. The van der Waals surface area contributed by atoms with E-state index in [1.165, 1.54) is 0 Å². The zero-order chi connectivity index (χ0) is 12.3. The Morgan fingerprint density at radius 2 is 2.18 bits per heavy atom. The molecule has 4 nitrogen and oxygen atoms in total. The maximum absolute atomic E-state index is 9.30. The lowest BCUT2D eigenvalue weighted by Gasteiger charge is -2.06. The van der Waals surface area contributed by atoms with Gasteiger partial charge in [0.15, 0.2) is 0 Å². The first-order valence-corrected chi connectivity index (χ1v) is 6.03. The molecule has 0 bridgehead atoms. The number of aryl methyl sites for hydroxylation is 1. The molecule has 4 heteroatoms. The lowest BCUT2D eigenvalue weighted by atomic mass is 10.3. The highest BCUT2D eigenvalue weighted by atomic mass is 16.5. The van der Waals surface area contributed by atoms with Gasteiger partial charge in [0.1, 0.15) is 18.2 Å². The Morgan fingerprint density at radius 1 is 1.35 bits per heavy atom. The van der Waals surface area contributed by atoms with Crippen molar-refractivity contribution in [3.05, 3.63) is 24.0 Å². The Labute approximate surface area is 101 Å². The van der Waals surface area contributed by atoms with E-state index in [-0.39, 0.29) is 6.61 Å².